The van der Waals surface area contributed by atoms with Gasteiger partial charge < -0.3 is 10.4 Å². The van der Waals surface area contributed by atoms with Crippen LogP contribution >= 0.6 is 0 Å². The average molecular weight is 226 g/mol. The van der Waals surface area contributed by atoms with Gasteiger partial charge in [-0.2, -0.15) is 0 Å². The molecule has 0 aliphatic rings. The van der Waals surface area contributed by atoms with Crippen LogP contribution in [0.3, 0.4) is 0 Å². The number of rotatable bonds is 5. The van der Waals surface area contributed by atoms with E-state index >= 15 is 0 Å². The minimum Gasteiger partial charge on any atom is -0.481 e. The summed E-state index contributed by atoms with van der Waals surface area (Å²) in [6, 6.07) is -0.399. The van der Waals surface area contributed by atoms with Crippen LogP contribution < -0.4 is 5.32 Å². The smallest absolute Gasteiger partial charge is 0.305 e. The maximum absolute atomic E-state index is 11.6. The van der Waals surface area contributed by atoms with E-state index in [2.05, 4.69) is 20.5 Å². The van der Waals surface area contributed by atoms with Crippen LogP contribution in [0.2, 0.25) is 0 Å². The molecule has 1 aromatic heterocycles. The first-order valence-electron chi connectivity index (χ1n) is 4.94. The highest BCUT2D eigenvalue weighted by molar-refractivity contribution is 5.90. The molecule has 0 saturated carbocycles. The summed E-state index contributed by atoms with van der Waals surface area (Å²) < 4.78 is 0. The topological polar surface area (TPSA) is 108 Å². The quantitative estimate of drug-likeness (QED) is 0.659. The van der Waals surface area contributed by atoms with Crippen molar-refractivity contribution in [3.05, 3.63) is 11.6 Å². The lowest BCUT2D eigenvalue weighted by atomic mass is 10.1. The Bertz CT molecular complexity index is 388. The van der Waals surface area contributed by atoms with Gasteiger partial charge >= 0.3 is 5.97 Å². The fourth-order valence-corrected chi connectivity index (χ4v) is 1.20. The Morgan fingerprint density at radius 3 is 2.69 bits per heavy atom. The summed E-state index contributed by atoms with van der Waals surface area (Å²) in [7, 11) is 0. The Labute approximate surface area is 92.3 Å². The second-order valence-electron chi connectivity index (χ2n) is 3.42. The molecule has 1 rings (SSSR count). The molecule has 0 aromatic carbocycles. The number of nitrogens with zero attached hydrogens (tertiary/aromatic N) is 2. The van der Waals surface area contributed by atoms with Crippen molar-refractivity contribution < 1.29 is 14.7 Å². The first-order chi connectivity index (χ1) is 7.52. The zero-order chi connectivity index (χ0) is 12.1. The molecule has 88 valence electrons. The van der Waals surface area contributed by atoms with Gasteiger partial charge in [0.1, 0.15) is 5.82 Å². The molecule has 0 aliphatic carbocycles. The molecule has 0 spiro atoms. The minimum atomic E-state index is -0.946. The fraction of sp³-hybridized carbons (Fsp3) is 0.556. The zero-order valence-electron chi connectivity index (χ0n) is 9.15. The molecule has 0 radical (unpaired) electrons. The predicted octanol–water partition coefficient (Wildman–Crippen LogP) is 0.0962. The molecule has 1 amide bonds. The van der Waals surface area contributed by atoms with Gasteiger partial charge in [-0.05, 0) is 13.3 Å². The third-order valence-corrected chi connectivity index (χ3v) is 2.05. The second-order valence-corrected chi connectivity index (χ2v) is 3.42. The first-order valence-corrected chi connectivity index (χ1v) is 4.94. The number of hydrogen-bond donors (Lipinski definition) is 3. The van der Waals surface area contributed by atoms with E-state index in [1.54, 1.807) is 13.8 Å². The van der Waals surface area contributed by atoms with Crippen molar-refractivity contribution in [2.75, 3.05) is 0 Å². The van der Waals surface area contributed by atoms with Crippen molar-refractivity contribution >= 4 is 11.9 Å². The number of amides is 1. The van der Waals surface area contributed by atoms with Crippen molar-refractivity contribution in [2.24, 2.45) is 0 Å². The molecule has 0 saturated heterocycles. The molecule has 1 atom stereocenters. The summed E-state index contributed by atoms with van der Waals surface area (Å²) >= 11 is 0. The van der Waals surface area contributed by atoms with Crippen molar-refractivity contribution in [1.82, 2.24) is 20.5 Å². The number of aromatic amines is 1. The van der Waals surface area contributed by atoms with Crippen molar-refractivity contribution in [3.8, 4) is 0 Å². The molecule has 1 unspecified atom stereocenters. The lowest BCUT2D eigenvalue weighted by Gasteiger charge is -2.12. The highest BCUT2D eigenvalue weighted by atomic mass is 16.4. The van der Waals surface area contributed by atoms with E-state index in [1.807, 2.05) is 0 Å². The molecule has 1 heterocycles. The van der Waals surface area contributed by atoms with Gasteiger partial charge in [-0.25, -0.2) is 4.98 Å². The highest BCUT2D eigenvalue weighted by Gasteiger charge is 2.17. The molecule has 0 fully saturated rings. The van der Waals surface area contributed by atoms with Crippen LogP contribution in [0.5, 0.6) is 0 Å². The molecule has 0 aliphatic heterocycles. The fourth-order valence-electron chi connectivity index (χ4n) is 1.20. The van der Waals surface area contributed by atoms with Crippen LogP contribution in [0.15, 0.2) is 0 Å². The molecule has 0 bridgehead atoms. The Morgan fingerprint density at radius 1 is 1.56 bits per heavy atom. The van der Waals surface area contributed by atoms with Gasteiger partial charge in [0.2, 0.25) is 5.82 Å². The summed E-state index contributed by atoms with van der Waals surface area (Å²) in [5, 5.41) is 17.4. The number of aromatic nitrogens is 3. The Morgan fingerprint density at radius 2 is 2.25 bits per heavy atom. The molecule has 1 aromatic rings. The number of hydrogen-bond acceptors (Lipinski definition) is 4. The maximum atomic E-state index is 11.6. The van der Waals surface area contributed by atoms with Gasteiger partial charge in [0.05, 0.1) is 6.42 Å². The van der Waals surface area contributed by atoms with Gasteiger partial charge in [0.15, 0.2) is 0 Å². The SMILES string of the molecule is CCC(CC(=O)O)NC(=O)c1n[nH]c(C)n1. The second kappa shape index (κ2) is 5.24. The van der Waals surface area contributed by atoms with Gasteiger partial charge in [-0.1, -0.05) is 6.92 Å². The molecule has 3 N–H and O–H groups in total. The summed E-state index contributed by atoms with van der Waals surface area (Å²) in [4.78, 5) is 25.9. The predicted molar refractivity (Wildman–Crippen MR) is 54.9 cm³/mol. The minimum absolute atomic E-state index is 0.0290. The molecule has 7 nitrogen and oxygen atoms in total. The third kappa shape index (κ3) is 3.34. The van der Waals surface area contributed by atoms with E-state index in [9.17, 15) is 9.59 Å². The molecular formula is C9H14N4O3. The lowest BCUT2D eigenvalue weighted by molar-refractivity contribution is -0.137. The standard InChI is InChI=1S/C9H14N4O3/c1-3-6(4-7(14)15)11-9(16)8-10-5(2)12-13-8/h6H,3-4H2,1-2H3,(H,11,16)(H,14,15)(H,10,12,13). The van der Waals surface area contributed by atoms with E-state index in [1.165, 1.54) is 0 Å². The van der Waals surface area contributed by atoms with Gasteiger partial charge in [0, 0.05) is 6.04 Å². The molecule has 16 heavy (non-hydrogen) atoms. The summed E-state index contributed by atoms with van der Waals surface area (Å²) in [5.41, 5.74) is 0. The number of aryl methyl sites for hydroxylation is 1. The normalized spacial score (nSPS) is 12.1. The number of carboxylic acid groups (broad SMARTS) is 1. The van der Waals surface area contributed by atoms with Crippen LogP contribution in [0, 0.1) is 6.92 Å². The number of H-pyrrole nitrogens is 1. The van der Waals surface area contributed by atoms with Crippen molar-refractivity contribution in [1.29, 1.82) is 0 Å². The van der Waals surface area contributed by atoms with E-state index in [0.29, 0.717) is 12.2 Å². The molecule has 7 heteroatoms. The van der Waals surface area contributed by atoms with Crippen LogP contribution in [0.1, 0.15) is 36.2 Å². The van der Waals surface area contributed by atoms with Gasteiger partial charge in [0.25, 0.3) is 5.91 Å². The number of nitrogens with one attached hydrogen (secondary N) is 2. The van der Waals surface area contributed by atoms with E-state index in [-0.39, 0.29) is 12.2 Å². The average Bonchev–Trinajstić information content (AvgIpc) is 2.63. The molecular weight excluding hydrogens is 212 g/mol. The number of carbonyl (C=O) groups excluding carboxylic acids is 1. The monoisotopic (exact) mass is 226 g/mol. The van der Waals surface area contributed by atoms with Crippen LogP contribution in [-0.2, 0) is 4.79 Å². The van der Waals surface area contributed by atoms with Crippen LogP contribution in [0.4, 0.5) is 0 Å². The number of carboxylic acids is 1. The Hall–Kier alpha value is -1.92. The zero-order valence-corrected chi connectivity index (χ0v) is 9.15. The van der Waals surface area contributed by atoms with Gasteiger partial charge in [-0.3, -0.25) is 14.7 Å². The number of aliphatic carboxylic acids is 1. The Kier molecular flexibility index (Phi) is 3.98. The Balaban J connectivity index is 2.58. The third-order valence-electron chi connectivity index (χ3n) is 2.05. The number of carbonyl (C=O) groups is 2. The largest absolute Gasteiger partial charge is 0.481 e. The summed E-state index contributed by atoms with van der Waals surface area (Å²) in [5.74, 6) is -0.839. The van der Waals surface area contributed by atoms with Crippen LogP contribution in [0.25, 0.3) is 0 Å². The van der Waals surface area contributed by atoms with Crippen molar-refractivity contribution in [3.63, 3.8) is 0 Å². The van der Waals surface area contributed by atoms with Crippen molar-refractivity contribution in [2.45, 2.75) is 32.7 Å². The van der Waals surface area contributed by atoms with E-state index in [0.717, 1.165) is 0 Å². The summed E-state index contributed by atoms with van der Waals surface area (Å²) in [6.45, 7) is 3.48. The maximum Gasteiger partial charge on any atom is 0.305 e. The van der Waals surface area contributed by atoms with E-state index < -0.39 is 17.9 Å². The van der Waals surface area contributed by atoms with E-state index in [4.69, 9.17) is 5.11 Å². The lowest BCUT2D eigenvalue weighted by Crippen LogP contribution is -2.36. The summed E-state index contributed by atoms with van der Waals surface area (Å²) in [6.07, 6.45) is 0.438. The first kappa shape index (κ1) is 12.2. The van der Waals surface area contributed by atoms with Gasteiger partial charge in [-0.15, -0.1) is 5.10 Å². The van der Waals surface area contributed by atoms with Crippen LogP contribution in [-0.4, -0.2) is 38.2 Å². The highest BCUT2D eigenvalue weighted by Crippen LogP contribution is 1.99.